The molecule has 0 saturated carbocycles. The van der Waals surface area contributed by atoms with Gasteiger partial charge in [-0.3, -0.25) is 14.9 Å². The first-order valence-corrected chi connectivity index (χ1v) is 6.05. The number of carbonyl (C=O) groups is 2. The van der Waals surface area contributed by atoms with Crippen LogP contribution in [0, 0.1) is 0 Å². The number of hydrogen-bond donors (Lipinski definition) is 2. The van der Waals surface area contributed by atoms with Crippen LogP contribution in [-0.4, -0.2) is 62.1 Å². The maximum absolute atomic E-state index is 12.1. The first kappa shape index (κ1) is 13.9. The lowest BCUT2D eigenvalue weighted by atomic mass is 10.2. The van der Waals surface area contributed by atoms with Gasteiger partial charge in [0.05, 0.1) is 13.2 Å². The minimum absolute atomic E-state index is 0.0206. The van der Waals surface area contributed by atoms with Gasteiger partial charge in [-0.15, -0.1) is 0 Å². The molecule has 0 aromatic carbocycles. The zero-order valence-electron chi connectivity index (χ0n) is 10.5. The van der Waals surface area contributed by atoms with Crippen molar-refractivity contribution in [2.45, 2.75) is 19.9 Å². The smallest absolute Gasteiger partial charge is 0.241 e. The topological polar surface area (TPSA) is 70.7 Å². The van der Waals surface area contributed by atoms with Crippen molar-refractivity contribution in [2.75, 3.05) is 39.4 Å². The number of amides is 2. The fourth-order valence-electron chi connectivity index (χ4n) is 1.70. The molecule has 0 aromatic heterocycles. The standard InChI is InChI=1S/C11H21N3O3/c1-3-14(5-6-17-4-2)11(16)9-7-13-10(15)8-12-9/h9,12H,3-8H2,1-2H3,(H,13,15). The van der Waals surface area contributed by atoms with Gasteiger partial charge in [0.15, 0.2) is 0 Å². The van der Waals surface area contributed by atoms with Crippen LogP contribution in [0.4, 0.5) is 0 Å². The minimum Gasteiger partial charge on any atom is -0.380 e. The Bertz CT molecular complexity index is 261. The van der Waals surface area contributed by atoms with Crippen molar-refractivity contribution in [2.24, 2.45) is 0 Å². The van der Waals surface area contributed by atoms with Gasteiger partial charge in [0.2, 0.25) is 11.8 Å². The molecule has 6 nitrogen and oxygen atoms in total. The highest BCUT2D eigenvalue weighted by Gasteiger charge is 2.26. The van der Waals surface area contributed by atoms with Gasteiger partial charge >= 0.3 is 0 Å². The summed E-state index contributed by atoms with van der Waals surface area (Å²) in [7, 11) is 0. The van der Waals surface area contributed by atoms with E-state index in [4.69, 9.17) is 4.74 Å². The zero-order chi connectivity index (χ0) is 12.7. The maximum atomic E-state index is 12.1. The van der Waals surface area contributed by atoms with E-state index < -0.39 is 0 Å². The Morgan fingerprint density at radius 3 is 2.82 bits per heavy atom. The number of piperazine rings is 1. The summed E-state index contributed by atoms with van der Waals surface area (Å²) in [5.41, 5.74) is 0. The molecule has 1 heterocycles. The Balaban J connectivity index is 2.39. The fraction of sp³-hybridized carbons (Fsp3) is 0.818. The van der Waals surface area contributed by atoms with Gasteiger partial charge in [-0.25, -0.2) is 0 Å². The lowest BCUT2D eigenvalue weighted by molar-refractivity contribution is -0.135. The number of hydrogen-bond acceptors (Lipinski definition) is 4. The molecular weight excluding hydrogens is 222 g/mol. The lowest BCUT2D eigenvalue weighted by Gasteiger charge is -2.29. The third-order valence-electron chi connectivity index (χ3n) is 2.71. The highest BCUT2D eigenvalue weighted by molar-refractivity contribution is 5.86. The summed E-state index contributed by atoms with van der Waals surface area (Å²) < 4.78 is 5.24. The maximum Gasteiger partial charge on any atom is 0.241 e. The second kappa shape index (κ2) is 7.24. The van der Waals surface area contributed by atoms with E-state index in [1.54, 1.807) is 4.90 Å². The summed E-state index contributed by atoms with van der Waals surface area (Å²) in [6.45, 7) is 6.88. The van der Waals surface area contributed by atoms with Crippen LogP contribution in [0.15, 0.2) is 0 Å². The van der Waals surface area contributed by atoms with E-state index >= 15 is 0 Å². The number of rotatable bonds is 6. The molecule has 0 radical (unpaired) electrons. The quantitative estimate of drug-likeness (QED) is 0.585. The van der Waals surface area contributed by atoms with Crippen molar-refractivity contribution < 1.29 is 14.3 Å². The molecule has 98 valence electrons. The first-order valence-electron chi connectivity index (χ1n) is 6.05. The third kappa shape index (κ3) is 4.32. The van der Waals surface area contributed by atoms with E-state index in [9.17, 15) is 9.59 Å². The van der Waals surface area contributed by atoms with Crippen molar-refractivity contribution in [3.63, 3.8) is 0 Å². The predicted molar refractivity (Wildman–Crippen MR) is 63.5 cm³/mol. The molecule has 1 aliphatic heterocycles. The van der Waals surface area contributed by atoms with E-state index in [1.807, 2.05) is 13.8 Å². The summed E-state index contributed by atoms with van der Waals surface area (Å²) in [4.78, 5) is 24.8. The van der Waals surface area contributed by atoms with Crippen LogP contribution in [0.3, 0.4) is 0 Å². The second-order valence-corrected chi connectivity index (χ2v) is 3.85. The van der Waals surface area contributed by atoms with Crippen molar-refractivity contribution in [3.8, 4) is 0 Å². The SMILES string of the molecule is CCOCCN(CC)C(=O)C1CNC(=O)CN1. The van der Waals surface area contributed by atoms with Gasteiger partial charge in [-0.05, 0) is 13.8 Å². The molecule has 0 aliphatic carbocycles. The van der Waals surface area contributed by atoms with E-state index in [2.05, 4.69) is 10.6 Å². The summed E-state index contributed by atoms with van der Waals surface area (Å²) in [6.07, 6.45) is 0. The normalized spacial score (nSPS) is 19.9. The first-order chi connectivity index (χ1) is 8.19. The average Bonchev–Trinajstić information content (AvgIpc) is 2.35. The molecule has 0 bridgehead atoms. The Labute approximate surface area is 102 Å². The van der Waals surface area contributed by atoms with Crippen LogP contribution in [-0.2, 0) is 14.3 Å². The van der Waals surface area contributed by atoms with Crippen molar-refractivity contribution in [1.29, 1.82) is 0 Å². The molecule has 6 heteroatoms. The highest BCUT2D eigenvalue weighted by atomic mass is 16.5. The molecule has 1 atom stereocenters. The number of nitrogens with zero attached hydrogens (tertiary/aromatic N) is 1. The fourth-order valence-corrected chi connectivity index (χ4v) is 1.70. The van der Waals surface area contributed by atoms with Crippen LogP contribution in [0.1, 0.15) is 13.8 Å². The molecule has 1 aliphatic rings. The summed E-state index contributed by atoms with van der Waals surface area (Å²) in [5, 5.41) is 5.61. The Morgan fingerprint density at radius 1 is 1.53 bits per heavy atom. The van der Waals surface area contributed by atoms with Crippen molar-refractivity contribution in [3.05, 3.63) is 0 Å². The van der Waals surface area contributed by atoms with E-state index in [1.165, 1.54) is 0 Å². The van der Waals surface area contributed by atoms with Crippen LogP contribution >= 0.6 is 0 Å². The highest BCUT2D eigenvalue weighted by Crippen LogP contribution is 1.98. The second-order valence-electron chi connectivity index (χ2n) is 3.85. The number of ether oxygens (including phenoxy) is 1. The number of likely N-dealkylation sites (N-methyl/N-ethyl adjacent to an activating group) is 1. The molecule has 1 unspecified atom stereocenters. The largest absolute Gasteiger partial charge is 0.380 e. The van der Waals surface area contributed by atoms with Crippen LogP contribution in [0.25, 0.3) is 0 Å². The molecule has 2 N–H and O–H groups in total. The zero-order valence-corrected chi connectivity index (χ0v) is 10.5. The van der Waals surface area contributed by atoms with Gasteiger partial charge < -0.3 is 15.0 Å². The summed E-state index contributed by atoms with van der Waals surface area (Å²) in [5.74, 6) is -0.0429. The van der Waals surface area contributed by atoms with Crippen molar-refractivity contribution >= 4 is 11.8 Å². The molecule has 2 amide bonds. The molecule has 1 fully saturated rings. The third-order valence-corrected chi connectivity index (χ3v) is 2.71. The van der Waals surface area contributed by atoms with Crippen LogP contribution in [0.2, 0.25) is 0 Å². The van der Waals surface area contributed by atoms with Gasteiger partial charge in [0.1, 0.15) is 6.04 Å². The van der Waals surface area contributed by atoms with E-state index in [0.717, 1.165) is 0 Å². The van der Waals surface area contributed by atoms with Crippen LogP contribution in [0.5, 0.6) is 0 Å². The summed E-state index contributed by atoms with van der Waals surface area (Å²) in [6, 6.07) is -0.311. The van der Waals surface area contributed by atoms with E-state index in [0.29, 0.717) is 32.8 Å². The number of carbonyl (C=O) groups excluding carboxylic acids is 2. The van der Waals surface area contributed by atoms with Gasteiger partial charge in [0.25, 0.3) is 0 Å². The molecule has 1 saturated heterocycles. The molecule has 17 heavy (non-hydrogen) atoms. The number of nitrogens with one attached hydrogen (secondary N) is 2. The predicted octanol–water partition coefficient (Wildman–Crippen LogP) is -1.04. The molecule has 0 aromatic rings. The van der Waals surface area contributed by atoms with E-state index in [-0.39, 0.29) is 24.4 Å². The van der Waals surface area contributed by atoms with Gasteiger partial charge in [0, 0.05) is 26.2 Å². The Hall–Kier alpha value is -1.14. The lowest BCUT2D eigenvalue weighted by Crippen LogP contribution is -2.58. The van der Waals surface area contributed by atoms with Gasteiger partial charge in [-0.1, -0.05) is 0 Å². The average molecular weight is 243 g/mol. The van der Waals surface area contributed by atoms with Gasteiger partial charge in [-0.2, -0.15) is 0 Å². The summed E-state index contributed by atoms with van der Waals surface area (Å²) >= 11 is 0. The molecule has 0 spiro atoms. The minimum atomic E-state index is -0.311. The monoisotopic (exact) mass is 243 g/mol. The molecular formula is C11H21N3O3. The van der Waals surface area contributed by atoms with Crippen molar-refractivity contribution in [1.82, 2.24) is 15.5 Å². The van der Waals surface area contributed by atoms with Crippen LogP contribution < -0.4 is 10.6 Å². The Morgan fingerprint density at radius 2 is 2.29 bits per heavy atom. The molecule has 1 rings (SSSR count). The Kier molecular flexibility index (Phi) is 5.93.